The van der Waals surface area contributed by atoms with Crippen LogP contribution in [0.4, 0.5) is 5.69 Å². The van der Waals surface area contributed by atoms with Crippen molar-refractivity contribution in [3.63, 3.8) is 0 Å². The number of aryl methyl sites for hydroxylation is 1. The van der Waals surface area contributed by atoms with E-state index in [-0.39, 0.29) is 29.0 Å². The summed E-state index contributed by atoms with van der Waals surface area (Å²) in [6.45, 7) is 3.84. The molecule has 2 aromatic carbocycles. The summed E-state index contributed by atoms with van der Waals surface area (Å²) in [6.07, 6.45) is 0. The lowest BCUT2D eigenvalue weighted by atomic mass is 10.1. The molecular formula is C21H24N2O4S. The Bertz CT molecular complexity index is 869. The maximum Gasteiger partial charge on any atom is 0.244 e. The van der Waals surface area contributed by atoms with Gasteiger partial charge in [0.05, 0.1) is 19.5 Å². The van der Waals surface area contributed by atoms with E-state index in [9.17, 15) is 9.59 Å². The Morgan fingerprint density at radius 3 is 2.43 bits per heavy atom. The number of rotatable bonds is 6. The van der Waals surface area contributed by atoms with Crippen LogP contribution in [-0.4, -0.2) is 42.7 Å². The Morgan fingerprint density at radius 1 is 1.11 bits per heavy atom. The van der Waals surface area contributed by atoms with E-state index in [0.29, 0.717) is 17.2 Å². The third kappa shape index (κ3) is 4.25. The third-order valence-corrected chi connectivity index (χ3v) is 5.98. The molecule has 1 fully saturated rings. The molecule has 2 aromatic rings. The van der Waals surface area contributed by atoms with Crippen LogP contribution in [0.5, 0.6) is 11.5 Å². The molecule has 0 spiro atoms. The molecular weight excluding hydrogens is 376 g/mol. The minimum atomic E-state index is -0.258. The molecule has 1 aliphatic rings. The lowest BCUT2D eigenvalue weighted by molar-refractivity contribution is -0.133. The largest absolute Gasteiger partial charge is 0.493 e. The van der Waals surface area contributed by atoms with Crippen LogP contribution >= 0.6 is 11.8 Å². The average molecular weight is 401 g/mol. The summed E-state index contributed by atoms with van der Waals surface area (Å²) in [5, 5.41) is 2.38. The minimum Gasteiger partial charge on any atom is -0.493 e. The van der Waals surface area contributed by atoms with E-state index in [1.807, 2.05) is 56.3 Å². The molecule has 1 N–H and O–H groups in total. The van der Waals surface area contributed by atoms with Crippen molar-refractivity contribution in [1.82, 2.24) is 4.90 Å². The first-order valence-corrected chi connectivity index (χ1v) is 9.91. The number of nitrogens with one attached hydrogen (secondary N) is 1. The highest BCUT2D eigenvalue weighted by Gasteiger charge is 2.39. The normalized spacial score (nSPS) is 18.9. The predicted molar refractivity (Wildman–Crippen MR) is 111 cm³/mol. The Morgan fingerprint density at radius 2 is 1.79 bits per heavy atom. The fourth-order valence-electron chi connectivity index (χ4n) is 3.09. The van der Waals surface area contributed by atoms with Gasteiger partial charge in [0.15, 0.2) is 11.5 Å². The number of ether oxygens (including phenoxy) is 2. The standard InChI is InChI=1S/C21H24N2O4S/c1-13-5-8-16(9-6-13)22-19(24)12-23-20(25)14(2)28-21(23)15-7-10-17(26-3)18(11-15)27-4/h5-11,14,21H,12H2,1-4H3,(H,22,24)/t14-,21-/m1/s1. The lowest BCUT2D eigenvalue weighted by Gasteiger charge is -2.24. The van der Waals surface area contributed by atoms with Crippen molar-refractivity contribution >= 4 is 29.3 Å². The van der Waals surface area contributed by atoms with Crippen molar-refractivity contribution < 1.29 is 19.1 Å². The highest BCUT2D eigenvalue weighted by atomic mass is 32.2. The smallest absolute Gasteiger partial charge is 0.244 e. The average Bonchev–Trinajstić information content (AvgIpc) is 2.97. The molecule has 6 nitrogen and oxygen atoms in total. The zero-order chi connectivity index (χ0) is 20.3. The molecule has 2 amide bonds. The van der Waals surface area contributed by atoms with Gasteiger partial charge in [0.2, 0.25) is 11.8 Å². The van der Waals surface area contributed by atoms with Gasteiger partial charge < -0.3 is 19.7 Å². The van der Waals surface area contributed by atoms with Crippen LogP contribution in [0.15, 0.2) is 42.5 Å². The lowest BCUT2D eigenvalue weighted by Crippen LogP contribution is -2.37. The maximum atomic E-state index is 12.7. The van der Waals surface area contributed by atoms with Crippen molar-refractivity contribution in [2.45, 2.75) is 24.5 Å². The van der Waals surface area contributed by atoms with Gasteiger partial charge in [0, 0.05) is 5.69 Å². The first kappa shape index (κ1) is 20.1. The van der Waals surface area contributed by atoms with Gasteiger partial charge in [-0.05, 0) is 43.7 Å². The summed E-state index contributed by atoms with van der Waals surface area (Å²) >= 11 is 1.52. The molecule has 3 rings (SSSR count). The zero-order valence-electron chi connectivity index (χ0n) is 16.4. The summed E-state index contributed by atoms with van der Waals surface area (Å²) in [5.74, 6) is 0.940. The maximum absolute atomic E-state index is 12.7. The topological polar surface area (TPSA) is 67.9 Å². The third-order valence-electron chi connectivity index (χ3n) is 4.59. The fraction of sp³-hybridized carbons (Fsp3) is 0.333. The van der Waals surface area contributed by atoms with E-state index in [4.69, 9.17) is 9.47 Å². The molecule has 148 valence electrons. The summed E-state index contributed by atoms with van der Waals surface area (Å²) in [5.41, 5.74) is 2.72. The van der Waals surface area contributed by atoms with Gasteiger partial charge in [-0.3, -0.25) is 9.59 Å². The van der Waals surface area contributed by atoms with Crippen LogP contribution in [0.3, 0.4) is 0 Å². The van der Waals surface area contributed by atoms with E-state index in [1.165, 1.54) is 11.8 Å². The predicted octanol–water partition coefficient (Wildman–Crippen LogP) is 3.61. The van der Waals surface area contributed by atoms with Crippen LogP contribution < -0.4 is 14.8 Å². The van der Waals surface area contributed by atoms with Crippen molar-refractivity contribution in [2.24, 2.45) is 0 Å². The number of hydrogen-bond acceptors (Lipinski definition) is 5. The number of nitrogens with zero attached hydrogens (tertiary/aromatic N) is 1. The number of methoxy groups -OCH3 is 2. The van der Waals surface area contributed by atoms with Gasteiger partial charge in [-0.2, -0.15) is 0 Å². The van der Waals surface area contributed by atoms with Crippen LogP contribution in [0.2, 0.25) is 0 Å². The van der Waals surface area contributed by atoms with Gasteiger partial charge >= 0.3 is 0 Å². The second-order valence-corrected chi connectivity index (χ2v) is 8.05. The van der Waals surface area contributed by atoms with Crippen molar-refractivity contribution in [3.05, 3.63) is 53.6 Å². The molecule has 28 heavy (non-hydrogen) atoms. The van der Waals surface area contributed by atoms with E-state index in [0.717, 1.165) is 11.1 Å². The molecule has 2 atom stereocenters. The Hall–Kier alpha value is -2.67. The Kier molecular flexibility index (Phi) is 6.14. The number of carbonyl (C=O) groups is 2. The quantitative estimate of drug-likeness (QED) is 0.802. The van der Waals surface area contributed by atoms with Gasteiger partial charge in [-0.1, -0.05) is 23.8 Å². The highest BCUT2D eigenvalue weighted by molar-refractivity contribution is 8.01. The van der Waals surface area contributed by atoms with E-state index in [1.54, 1.807) is 19.1 Å². The summed E-state index contributed by atoms with van der Waals surface area (Å²) < 4.78 is 10.7. The number of anilines is 1. The van der Waals surface area contributed by atoms with Gasteiger partial charge in [-0.15, -0.1) is 11.8 Å². The first-order chi connectivity index (χ1) is 13.4. The molecule has 0 unspecified atom stereocenters. The second kappa shape index (κ2) is 8.56. The summed E-state index contributed by atoms with van der Waals surface area (Å²) in [4.78, 5) is 26.8. The highest BCUT2D eigenvalue weighted by Crippen LogP contribution is 2.44. The fourth-order valence-corrected chi connectivity index (χ4v) is 4.36. The molecule has 1 heterocycles. The first-order valence-electron chi connectivity index (χ1n) is 8.97. The number of carbonyl (C=O) groups excluding carboxylic acids is 2. The molecule has 0 radical (unpaired) electrons. The van der Waals surface area contributed by atoms with Gasteiger partial charge in [0.25, 0.3) is 0 Å². The minimum absolute atomic E-state index is 0.0109. The molecule has 7 heteroatoms. The molecule has 1 saturated heterocycles. The second-order valence-electron chi connectivity index (χ2n) is 6.63. The molecule has 0 aliphatic carbocycles. The van der Waals surface area contributed by atoms with Crippen LogP contribution in [0.1, 0.15) is 23.4 Å². The van der Waals surface area contributed by atoms with E-state index < -0.39 is 0 Å². The van der Waals surface area contributed by atoms with Crippen molar-refractivity contribution in [2.75, 3.05) is 26.1 Å². The zero-order valence-corrected chi connectivity index (χ0v) is 17.2. The number of amides is 2. The number of benzene rings is 2. The van der Waals surface area contributed by atoms with Crippen LogP contribution in [0.25, 0.3) is 0 Å². The molecule has 0 bridgehead atoms. The monoisotopic (exact) mass is 400 g/mol. The SMILES string of the molecule is COc1ccc([C@H]2S[C@H](C)C(=O)N2CC(=O)Nc2ccc(C)cc2)cc1OC. The van der Waals surface area contributed by atoms with Gasteiger partial charge in [0.1, 0.15) is 11.9 Å². The van der Waals surface area contributed by atoms with Crippen molar-refractivity contribution in [3.8, 4) is 11.5 Å². The molecule has 1 aliphatic heterocycles. The number of thioether (sulfide) groups is 1. The van der Waals surface area contributed by atoms with Crippen LogP contribution in [0, 0.1) is 6.92 Å². The van der Waals surface area contributed by atoms with Gasteiger partial charge in [-0.25, -0.2) is 0 Å². The number of hydrogen-bond donors (Lipinski definition) is 1. The summed E-state index contributed by atoms with van der Waals surface area (Å²) in [6, 6.07) is 13.1. The Labute approximate surface area is 169 Å². The Balaban J connectivity index is 1.78. The van der Waals surface area contributed by atoms with Crippen LogP contribution in [-0.2, 0) is 9.59 Å². The molecule has 0 aromatic heterocycles. The summed E-state index contributed by atoms with van der Waals surface area (Å²) in [7, 11) is 3.15. The molecule has 0 saturated carbocycles. The van der Waals surface area contributed by atoms with Crippen molar-refractivity contribution in [1.29, 1.82) is 0 Å². The van der Waals surface area contributed by atoms with E-state index in [2.05, 4.69) is 5.32 Å². The van der Waals surface area contributed by atoms with E-state index >= 15 is 0 Å².